The second-order valence-corrected chi connectivity index (χ2v) is 6.67. The molecule has 1 aromatic heterocycles. The van der Waals surface area contributed by atoms with Crippen LogP contribution in [-0.2, 0) is 6.54 Å². The van der Waals surface area contributed by atoms with E-state index in [-0.39, 0.29) is 18.3 Å². The molecular formula is C16H21BrClN5O. The van der Waals surface area contributed by atoms with Gasteiger partial charge in [-0.3, -0.25) is 4.79 Å². The first-order valence-corrected chi connectivity index (χ1v) is 8.56. The van der Waals surface area contributed by atoms with Crippen LogP contribution < -0.4 is 5.32 Å². The van der Waals surface area contributed by atoms with Crippen molar-refractivity contribution in [2.24, 2.45) is 0 Å². The smallest absolute Gasteiger partial charge is 0.276 e. The van der Waals surface area contributed by atoms with Gasteiger partial charge in [0.05, 0.1) is 12.2 Å². The molecule has 24 heavy (non-hydrogen) atoms. The summed E-state index contributed by atoms with van der Waals surface area (Å²) >= 11 is 3.51. The van der Waals surface area contributed by atoms with Gasteiger partial charge < -0.3 is 10.2 Å². The highest BCUT2D eigenvalue weighted by Gasteiger charge is 2.21. The van der Waals surface area contributed by atoms with Gasteiger partial charge in [-0.2, -0.15) is 0 Å². The molecule has 0 aliphatic carbocycles. The third-order valence-electron chi connectivity index (χ3n) is 4.12. The standard InChI is InChI=1S/C16H20BrN5O.ClH/c1-21(10-12-4-2-3-5-14(12)17)16(23)15-11-22(20-19-15)13-6-8-18-9-7-13;/h2-5,11,13,18H,6-10H2,1H3;1H. The number of piperidine rings is 1. The summed E-state index contributed by atoms with van der Waals surface area (Å²) in [5.41, 5.74) is 1.46. The van der Waals surface area contributed by atoms with Gasteiger partial charge in [0.15, 0.2) is 5.69 Å². The fourth-order valence-electron chi connectivity index (χ4n) is 2.77. The van der Waals surface area contributed by atoms with E-state index < -0.39 is 0 Å². The molecule has 3 rings (SSSR count). The number of carbonyl (C=O) groups excluding carboxylic acids is 1. The van der Waals surface area contributed by atoms with Crippen molar-refractivity contribution in [1.82, 2.24) is 25.2 Å². The number of amides is 1. The highest BCUT2D eigenvalue weighted by molar-refractivity contribution is 9.10. The molecule has 0 spiro atoms. The summed E-state index contributed by atoms with van der Waals surface area (Å²) in [6.07, 6.45) is 3.81. The minimum Gasteiger partial charge on any atom is -0.336 e. The van der Waals surface area contributed by atoms with Crippen LogP contribution in [0.5, 0.6) is 0 Å². The third-order valence-corrected chi connectivity index (χ3v) is 4.90. The van der Waals surface area contributed by atoms with Crippen LogP contribution in [0.4, 0.5) is 0 Å². The number of carbonyl (C=O) groups is 1. The van der Waals surface area contributed by atoms with Crippen molar-refractivity contribution in [3.63, 3.8) is 0 Å². The lowest BCUT2D eigenvalue weighted by Gasteiger charge is -2.22. The van der Waals surface area contributed by atoms with Gasteiger partial charge in [-0.1, -0.05) is 39.3 Å². The summed E-state index contributed by atoms with van der Waals surface area (Å²) in [5.74, 6) is -0.110. The Morgan fingerprint density at radius 2 is 2.08 bits per heavy atom. The number of benzene rings is 1. The van der Waals surface area contributed by atoms with Gasteiger partial charge >= 0.3 is 0 Å². The zero-order chi connectivity index (χ0) is 16.2. The van der Waals surface area contributed by atoms with Gasteiger partial charge in [-0.25, -0.2) is 4.68 Å². The van der Waals surface area contributed by atoms with Crippen molar-refractivity contribution in [1.29, 1.82) is 0 Å². The van der Waals surface area contributed by atoms with Crippen molar-refractivity contribution in [3.05, 3.63) is 46.2 Å². The van der Waals surface area contributed by atoms with Crippen LogP contribution in [0.1, 0.15) is 34.9 Å². The highest BCUT2D eigenvalue weighted by Crippen LogP contribution is 2.19. The highest BCUT2D eigenvalue weighted by atomic mass is 79.9. The molecule has 2 aromatic rings. The van der Waals surface area contributed by atoms with E-state index in [2.05, 4.69) is 31.6 Å². The van der Waals surface area contributed by atoms with Crippen molar-refractivity contribution in [2.75, 3.05) is 20.1 Å². The molecule has 0 atom stereocenters. The Morgan fingerprint density at radius 3 is 2.79 bits per heavy atom. The summed E-state index contributed by atoms with van der Waals surface area (Å²) in [7, 11) is 1.78. The van der Waals surface area contributed by atoms with Gasteiger partial charge in [0.1, 0.15) is 0 Å². The van der Waals surface area contributed by atoms with E-state index >= 15 is 0 Å². The molecule has 0 radical (unpaired) electrons. The van der Waals surface area contributed by atoms with E-state index in [1.807, 2.05) is 28.9 Å². The van der Waals surface area contributed by atoms with Crippen LogP contribution in [0.25, 0.3) is 0 Å². The van der Waals surface area contributed by atoms with E-state index in [0.717, 1.165) is 36.0 Å². The van der Waals surface area contributed by atoms with E-state index in [1.54, 1.807) is 18.1 Å². The Hall–Kier alpha value is -1.44. The molecular weight excluding hydrogens is 394 g/mol. The van der Waals surface area contributed by atoms with Crippen molar-refractivity contribution in [3.8, 4) is 0 Å². The van der Waals surface area contributed by atoms with Crippen LogP contribution in [0.2, 0.25) is 0 Å². The Kier molecular flexibility index (Phi) is 6.77. The summed E-state index contributed by atoms with van der Waals surface area (Å²) in [6.45, 7) is 2.49. The topological polar surface area (TPSA) is 63.1 Å². The summed E-state index contributed by atoms with van der Waals surface area (Å²) < 4.78 is 2.83. The number of hydrogen-bond donors (Lipinski definition) is 1. The van der Waals surface area contributed by atoms with Crippen LogP contribution >= 0.6 is 28.3 Å². The monoisotopic (exact) mass is 413 g/mol. The molecule has 1 fully saturated rings. The number of nitrogens with one attached hydrogen (secondary N) is 1. The Morgan fingerprint density at radius 1 is 1.38 bits per heavy atom. The molecule has 1 aromatic carbocycles. The number of hydrogen-bond acceptors (Lipinski definition) is 4. The van der Waals surface area contributed by atoms with Gasteiger partial charge in [-0.05, 0) is 37.6 Å². The molecule has 130 valence electrons. The first-order valence-electron chi connectivity index (χ1n) is 7.76. The summed E-state index contributed by atoms with van der Waals surface area (Å²) in [5, 5.41) is 11.5. The maximum atomic E-state index is 12.5. The van der Waals surface area contributed by atoms with Gasteiger partial charge in [0.2, 0.25) is 0 Å². The van der Waals surface area contributed by atoms with Gasteiger partial charge in [0.25, 0.3) is 5.91 Å². The Labute approximate surface area is 156 Å². The third kappa shape index (κ3) is 4.34. The lowest BCUT2D eigenvalue weighted by atomic mass is 10.1. The molecule has 0 unspecified atom stereocenters. The van der Waals surface area contributed by atoms with E-state index in [0.29, 0.717) is 18.3 Å². The van der Waals surface area contributed by atoms with Gasteiger partial charge in [-0.15, -0.1) is 17.5 Å². The Bertz CT molecular complexity index is 687. The predicted molar refractivity (Wildman–Crippen MR) is 98.4 cm³/mol. The molecule has 1 aliphatic rings. The fraction of sp³-hybridized carbons (Fsp3) is 0.438. The first kappa shape index (κ1) is 18.9. The molecule has 1 aliphatic heterocycles. The van der Waals surface area contributed by atoms with E-state index in [9.17, 15) is 4.79 Å². The minimum absolute atomic E-state index is 0. The lowest BCUT2D eigenvalue weighted by molar-refractivity contribution is 0.0779. The SMILES string of the molecule is CN(Cc1ccccc1Br)C(=O)c1cn(C2CCNCC2)nn1.Cl. The van der Waals surface area contributed by atoms with Gasteiger partial charge in [0, 0.05) is 18.1 Å². The molecule has 2 heterocycles. The number of nitrogens with zero attached hydrogens (tertiary/aromatic N) is 4. The minimum atomic E-state index is -0.110. The molecule has 0 bridgehead atoms. The van der Waals surface area contributed by atoms with E-state index in [4.69, 9.17) is 0 Å². The second kappa shape index (κ2) is 8.60. The second-order valence-electron chi connectivity index (χ2n) is 5.82. The molecule has 8 heteroatoms. The number of aromatic nitrogens is 3. The van der Waals surface area contributed by atoms with Crippen LogP contribution in [-0.4, -0.2) is 45.9 Å². The average Bonchev–Trinajstić information content (AvgIpc) is 3.07. The average molecular weight is 415 g/mol. The van der Waals surface area contributed by atoms with Crippen LogP contribution in [0, 0.1) is 0 Å². The van der Waals surface area contributed by atoms with Crippen molar-refractivity contribution in [2.45, 2.75) is 25.4 Å². The van der Waals surface area contributed by atoms with Crippen molar-refractivity contribution >= 4 is 34.2 Å². The lowest BCUT2D eigenvalue weighted by Crippen LogP contribution is -2.29. The quantitative estimate of drug-likeness (QED) is 0.835. The maximum Gasteiger partial charge on any atom is 0.276 e. The number of halogens is 2. The Balaban J connectivity index is 0.00000208. The zero-order valence-electron chi connectivity index (χ0n) is 13.5. The van der Waals surface area contributed by atoms with E-state index in [1.165, 1.54) is 0 Å². The maximum absolute atomic E-state index is 12.5. The van der Waals surface area contributed by atoms with Crippen molar-refractivity contribution < 1.29 is 4.79 Å². The molecule has 6 nitrogen and oxygen atoms in total. The molecule has 1 saturated heterocycles. The molecule has 1 amide bonds. The number of rotatable bonds is 4. The molecule has 0 saturated carbocycles. The van der Waals surface area contributed by atoms with Crippen LogP contribution in [0.3, 0.4) is 0 Å². The zero-order valence-corrected chi connectivity index (χ0v) is 15.9. The normalized spacial score (nSPS) is 14.9. The van der Waals surface area contributed by atoms with Crippen LogP contribution in [0.15, 0.2) is 34.9 Å². The largest absolute Gasteiger partial charge is 0.336 e. The first-order chi connectivity index (χ1) is 11.1. The summed E-state index contributed by atoms with van der Waals surface area (Å²) in [6, 6.07) is 8.23. The molecule has 1 N–H and O–H groups in total. The predicted octanol–water partition coefficient (Wildman–Crippen LogP) is 2.66. The summed E-state index contributed by atoms with van der Waals surface area (Å²) in [4.78, 5) is 14.2. The fourth-order valence-corrected chi connectivity index (χ4v) is 3.18.